The molecular formula is C17H20ClN3. The van der Waals surface area contributed by atoms with Gasteiger partial charge in [-0.05, 0) is 23.8 Å². The number of halogens is 1. The van der Waals surface area contributed by atoms with Crippen LogP contribution in [0, 0.1) is 0 Å². The number of alkyl halides is 1. The van der Waals surface area contributed by atoms with E-state index in [1.165, 1.54) is 23.6 Å². The molecular weight excluding hydrogens is 282 g/mol. The van der Waals surface area contributed by atoms with Gasteiger partial charge in [-0.15, -0.1) is 11.6 Å². The van der Waals surface area contributed by atoms with E-state index in [1.54, 1.807) is 0 Å². The van der Waals surface area contributed by atoms with Crippen LogP contribution in [0.4, 0.5) is 5.82 Å². The molecule has 1 aliphatic heterocycles. The van der Waals surface area contributed by atoms with Gasteiger partial charge in [-0.1, -0.05) is 24.3 Å². The highest BCUT2D eigenvalue weighted by Gasteiger charge is 2.31. The normalized spacial score (nSPS) is 20.1. The maximum Gasteiger partial charge on any atom is 0.136 e. The molecule has 21 heavy (non-hydrogen) atoms. The molecule has 1 saturated heterocycles. The summed E-state index contributed by atoms with van der Waals surface area (Å²) in [5, 5.41) is 2.47. The highest BCUT2D eigenvalue weighted by molar-refractivity contribution is 6.18. The van der Waals surface area contributed by atoms with E-state index in [2.05, 4.69) is 34.1 Å². The zero-order valence-corrected chi connectivity index (χ0v) is 12.9. The quantitative estimate of drug-likeness (QED) is 0.811. The molecule has 0 spiro atoms. The zero-order chi connectivity index (χ0) is 14.2. The molecule has 1 aliphatic carbocycles. The Balaban J connectivity index is 1.64. The first-order valence-electron chi connectivity index (χ1n) is 7.78. The first kappa shape index (κ1) is 13.4. The summed E-state index contributed by atoms with van der Waals surface area (Å²) < 4.78 is 0. The Hall–Kier alpha value is -1.32. The molecule has 2 fully saturated rings. The monoisotopic (exact) mass is 301 g/mol. The number of benzene rings is 1. The van der Waals surface area contributed by atoms with E-state index in [1.807, 2.05) is 6.20 Å². The number of fused-ring (bicyclic) bond motifs is 1. The molecule has 1 aromatic carbocycles. The van der Waals surface area contributed by atoms with Gasteiger partial charge < -0.3 is 4.90 Å². The summed E-state index contributed by atoms with van der Waals surface area (Å²) in [7, 11) is 0. The molecule has 0 N–H and O–H groups in total. The van der Waals surface area contributed by atoms with Crippen LogP contribution in [0.3, 0.4) is 0 Å². The van der Waals surface area contributed by atoms with Gasteiger partial charge in [0.05, 0.1) is 0 Å². The Morgan fingerprint density at radius 2 is 1.76 bits per heavy atom. The summed E-state index contributed by atoms with van der Waals surface area (Å²) in [6.07, 6.45) is 4.73. The van der Waals surface area contributed by atoms with E-state index in [-0.39, 0.29) is 0 Å². The van der Waals surface area contributed by atoms with Crippen LogP contribution in [-0.4, -0.2) is 42.1 Å². The minimum atomic E-state index is 0.517. The highest BCUT2D eigenvalue weighted by Crippen LogP contribution is 2.31. The lowest BCUT2D eigenvalue weighted by atomic mass is 10.1. The van der Waals surface area contributed by atoms with Crippen molar-refractivity contribution in [1.29, 1.82) is 0 Å². The molecule has 0 radical (unpaired) electrons. The van der Waals surface area contributed by atoms with Gasteiger partial charge in [-0.2, -0.15) is 0 Å². The molecule has 0 unspecified atom stereocenters. The maximum atomic E-state index is 6.04. The first-order chi connectivity index (χ1) is 10.4. The van der Waals surface area contributed by atoms with Gasteiger partial charge in [0.2, 0.25) is 0 Å². The predicted molar refractivity (Wildman–Crippen MR) is 88.1 cm³/mol. The van der Waals surface area contributed by atoms with Crippen molar-refractivity contribution < 1.29 is 0 Å². The number of hydrogen-bond acceptors (Lipinski definition) is 3. The summed E-state index contributed by atoms with van der Waals surface area (Å²) in [4.78, 5) is 9.77. The third-order valence-corrected chi connectivity index (χ3v) is 4.97. The minimum Gasteiger partial charge on any atom is -0.354 e. The topological polar surface area (TPSA) is 19.4 Å². The number of anilines is 1. The van der Waals surface area contributed by atoms with Crippen molar-refractivity contribution in [2.24, 2.45) is 0 Å². The number of aromatic nitrogens is 1. The van der Waals surface area contributed by atoms with Gasteiger partial charge in [0.25, 0.3) is 0 Å². The fourth-order valence-electron chi connectivity index (χ4n) is 3.33. The summed E-state index contributed by atoms with van der Waals surface area (Å²) in [6.45, 7) is 4.48. The third kappa shape index (κ3) is 2.49. The minimum absolute atomic E-state index is 0.517. The second-order valence-electron chi connectivity index (χ2n) is 6.04. The molecule has 1 aromatic heterocycles. The van der Waals surface area contributed by atoms with Crippen LogP contribution in [0.2, 0.25) is 0 Å². The SMILES string of the molecule is ClCc1cnc(N2CCN(C3CC3)CC2)c2ccccc12. The summed E-state index contributed by atoms with van der Waals surface area (Å²) in [6, 6.07) is 9.36. The van der Waals surface area contributed by atoms with Gasteiger partial charge in [-0.25, -0.2) is 4.98 Å². The third-order valence-electron chi connectivity index (χ3n) is 4.68. The molecule has 2 aliphatic rings. The second kappa shape index (κ2) is 5.47. The van der Waals surface area contributed by atoms with Crippen LogP contribution in [0.5, 0.6) is 0 Å². The number of nitrogens with zero attached hydrogens (tertiary/aromatic N) is 3. The van der Waals surface area contributed by atoms with Crippen molar-refractivity contribution in [3.8, 4) is 0 Å². The molecule has 0 atom stereocenters. The molecule has 2 aromatic rings. The van der Waals surface area contributed by atoms with E-state index in [0.29, 0.717) is 5.88 Å². The zero-order valence-electron chi connectivity index (χ0n) is 12.1. The summed E-state index contributed by atoms with van der Waals surface area (Å²) >= 11 is 6.04. The van der Waals surface area contributed by atoms with Crippen molar-refractivity contribution in [2.45, 2.75) is 24.8 Å². The van der Waals surface area contributed by atoms with Crippen molar-refractivity contribution in [3.05, 3.63) is 36.0 Å². The molecule has 110 valence electrons. The fraction of sp³-hybridized carbons (Fsp3) is 0.471. The number of hydrogen-bond donors (Lipinski definition) is 0. The molecule has 4 heteroatoms. The molecule has 0 bridgehead atoms. The van der Waals surface area contributed by atoms with Crippen molar-refractivity contribution in [2.75, 3.05) is 31.1 Å². The van der Waals surface area contributed by atoms with E-state index >= 15 is 0 Å². The van der Waals surface area contributed by atoms with Crippen molar-refractivity contribution in [3.63, 3.8) is 0 Å². The van der Waals surface area contributed by atoms with Crippen LogP contribution in [0.25, 0.3) is 10.8 Å². The van der Waals surface area contributed by atoms with E-state index < -0.39 is 0 Å². The van der Waals surface area contributed by atoms with Gasteiger partial charge in [0.1, 0.15) is 5.82 Å². The van der Waals surface area contributed by atoms with E-state index in [0.717, 1.165) is 43.6 Å². The Morgan fingerprint density at radius 1 is 1.05 bits per heavy atom. The van der Waals surface area contributed by atoms with Gasteiger partial charge in [0.15, 0.2) is 0 Å². The second-order valence-corrected chi connectivity index (χ2v) is 6.31. The van der Waals surface area contributed by atoms with Crippen molar-refractivity contribution in [1.82, 2.24) is 9.88 Å². The lowest BCUT2D eigenvalue weighted by molar-refractivity contribution is 0.248. The Morgan fingerprint density at radius 3 is 2.43 bits per heavy atom. The van der Waals surface area contributed by atoms with Crippen LogP contribution >= 0.6 is 11.6 Å². The van der Waals surface area contributed by atoms with Gasteiger partial charge in [0, 0.05) is 49.7 Å². The van der Waals surface area contributed by atoms with Crippen molar-refractivity contribution >= 4 is 28.2 Å². The van der Waals surface area contributed by atoms with Crippen LogP contribution in [0.1, 0.15) is 18.4 Å². The van der Waals surface area contributed by atoms with Crippen LogP contribution < -0.4 is 4.90 Å². The van der Waals surface area contributed by atoms with Crippen LogP contribution in [0.15, 0.2) is 30.5 Å². The van der Waals surface area contributed by atoms with E-state index in [4.69, 9.17) is 16.6 Å². The first-order valence-corrected chi connectivity index (χ1v) is 8.32. The Kier molecular flexibility index (Phi) is 3.48. The average Bonchev–Trinajstić information content (AvgIpc) is 3.39. The fourth-order valence-corrected chi connectivity index (χ4v) is 3.55. The Bertz CT molecular complexity index is 646. The summed E-state index contributed by atoms with van der Waals surface area (Å²) in [5.41, 5.74) is 1.12. The highest BCUT2D eigenvalue weighted by atomic mass is 35.5. The average molecular weight is 302 g/mol. The molecule has 2 heterocycles. The molecule has 1 saturated carbocycles. The standard InChI is InChI=1S/C17H20ClN3/c18-11-13-12-19-17(16-4-2-1-3-15(13)16)21-9-7-20(8-10-21)14-5-6-14/h1-4,12,14H,5-11H2. The molecule has 0 amide bonds. The number of rotatable bonds is 3. The van der Waals surface area contributed by atoms with E-state index in [9.17, 15) is 0 Å². The largest absolute Gasteiger partial charge is 0.354 e. The van der Waals surface area contributed by atoms with Gasteiger partial charge >= 0.3 is 0 Å². The smallest absolute Gasteiger partial charge is 0.136 e. The Labute approximate surface area is 130 Å². The lowest BCUT2D eigenvalue weighted by Gasteiger charge is -2.36. The predicted octanol–water partition coefficient (Wildman–Crippen LogP) is 3.26. The molecule has 3 nitrogen and oxygen atoms in total. The van der Waals surface area contributed by atoms with Crippen LogP contribution in [-0.2, 0) is 5.88 Å². The van der Waals surface area contributed by atoms with Gasteiger partial charge in [-0.3, -0.25) is 4.90 Å². The number of pyridine rings is 1. The summed E-state index contributed by atoms with van der Waals surface area (Å²) in [5.74, 6) is 1.64. The lowest BCUT2D eigenvalue weighted by Crippen LogP contribution is -2.47. The number of piperazine rings is 1. The molecule has 4 rings (SSSR count). The maximum absolute atomic E-state index is 6.04.